The molecule has 0 saturated heterocycles. The van der Waals surface area contributed by atoms with Crippen molar-refractivity contribution in [2.45, 2.75) is 33.9 Å². The lowest BCUT2D eigenvalue weighted by molar-refractivity contribution is 0.239. The highest BCUT2D eigenvalue weighted by Crippen LogP contribution is 1.97. The zero-order valence-electron chi connectivity index (χ0n) is 8.95. The Bertz CT molecular complexity index is 160. The molecule has 0 radical (unpaired) electrons. The summed E-state index contributed by atoms with van der Waals surface area (Å²) in [5.74, 6) is 0. The highest BCUT2D eigenvalue weighted by molar-refractivity contribution is 5.85. The van der Waals surface area contributed by atoms with Gasteiger partial charge in [-0.3, -0.25) is 4.90 Å². The number of halogens is 1. The quantitative estimate of drug-likeness (QED) is 0.633. The predicted octanol–water partition coefficient (Wildman–Crippen LogP) is 2.29. The van der Waals surface area contributed by atoms with Crippen LogP contribution in [0.5, 0.6) is 0 Å². The van der Waals surface area contributed by atoms with E-state index in [9.17, 15) is 0 Å². The number of hydrogen-bond donors (Lipinski definition) is 0. The second-order valence-corrected chi connectivity index (χ2v) is 2.56. The number of hydrogen-bond acceptors (Lipinski definition) is 3. The molecular weight excluding hydrogens is 186 g/mol. The Morgan fingerprint density at radius 3 is 2.15 bits per heavy atom. The molecular formula is C9H20ClN3. The smallest absolute Gasteiger partial charge is 0.110 e. The van der Waals surface area contributed by atoms with Crippen LogP contribution in [0.3, 0.4) is 0 Å². The third-order valence-corrected chi connectivity index (χ3v) is 1.81. The number of rotatable bonds is 5. The van der Waals surface area contributed by atoms with Gasteiger partial charge < -0.3 is 0 Å². The molecule has 4 heteroatoms. The van der Waals surface area contributed by atoms with E-state index < -0.39 is 0 Å². The normalized spacial score (nSPS) is 11.5. The summed E-state index contributed by atoms with van der Waals surface area (Å²) in [5.41, 5.74) is 0. The molecule has 0 fully saturated rings. The molecule has 0 aliphatic heterocycles. The zero-order valence-corrected chi connectivity index (χ0v) is 9.77. The van der Waals surface area contributed by atoms with Crippen molar-refractivity contribution in [3.8, 4) is 0 Å². The summed E-state index contributed by atoms with van der Waals surface area (Å²) < 4.78 is 0. The molecule has 0 bridgehead atoms. The summed E-state index contributed by atoms with van der Waals surface area (Å²) in [7, 11) is 0. The van der Waals surface area contributed by atoms with Crippen LogP contribution in [0, 0.1) is 0 Å². The van der Waals surface area contributed by atoms with Crippen molar-refractivity contribution < 1.29 is 0 Å². The predicted molar refractivity (Wildman–Crippen MR) is 60.0 cm³/mol. The summed E-state index contributed by atoms with van der Waals surface area (Å²) in [4.78, 5) is 10.3. The molecule has 0 aliphatic rings. The van der Waals surface area contributed by atoms with E-state index in [-0.39, 0.29) is 18.6 Å². The Balaban J connectivity index is 0. The van der Waals surface area contributed by atoms with Gasteiger partial charge in [-0.15, -0.1) is 12.4 Å². The molecule has 78 valence electrons. The SMILES string of the molecule is CCN=C=NC(C)N(CC)CC.Cl. The Labute approximate surface area is 87.4 Å². The van der Waals surface area contributed by atoms with Crippen LogP contribution in [-0.4, -0.2) is 36.7 Å². The van der Waals surface area contributed by atoms with E-state index in [4.69, 9.17) is 0 Å². The van der Waals surface area contributed by atoms with Gasteiger partial charge in [0.05, 0.1) is 6.01 Å². The monoisotopic (exact) mass is 205 g/mol. The molecule has 0 aromatic heterocycles. The fourth-order valence-electron chi connectivity index (χ4n) is 1.03. The lowest BCUT2D eigenvalue weighted by Gasteiger charge is -2.21. The minimum absolute atomic E-state index is 0. The van der Waals surface area contributed by atoms with Crippen molar-refractivity contribution in [1.82, 2.24) is 4.90 Å². The van der Waals surface area contributed by atoms with Crippen molar-refractivity contribution in [1.29, 1.82) is 0 Å². The molecule has 1 atom stereocenters. The van der Waals surface area contributed by atoms with Crippen LogP contribution in [0.15, 0.2) is 9.98 Å². The maximum atomic E-state index is 4.17. The molecule has 0 N–H and O–H groups in total. The van der Waals surface area contributed by atoms with Crippen molar-refractivity contribution in [2.75, 3.05) is 19.6 Å². The second kappa shape index (κ2) is 9.72. The first-order valence-electron chi connectivity index (χ1n) is 4.61. The van der Waals surface area contributed by atoms with Gasteiger partial charge in [0.25, 0.3) is 0 Å². The van der Waals surface area contributed by atoms with Crippen LogP contribution < -0.4 is 0 Å². The molecule has 0 spiro atoms. The van der Waals surface area contributed by atoms with Gasteiger partial charge in [0, 0.05) is 6.54 Å². The number of nitrogens with zero attached hydrogens (tertiary/aromatic N) is 3. The maximum absolute atomic E-state index is 4.17. The summed E-state index contributed by atoms with van der Waals surface area (Å²) in [6, 6.07) is 2.69. The van der Waals surface area contributed by atoms with E-state index >= 15 is 0 Å². The molecule has 0 aromatic rings. The summed E-state index contributed by atoms with van der Waals surface area (Å²) >= 11 is 0. The molecule has 1 unspecified atom stereocenters. The van der Waals surface area contributed by atoms with Crippen LogP contribution in [0.25, 0.3) is 0 Å². The summed E-state index contributed by atoms with van der Waals surface area (Å²) in [6.07, 6.45) is 0.204. The molecule has 0 heterocycles. The fourth-order valence-corrected chi connectivity index (χ4v) is 1.03. The van der Waals surface area contributed by atoms with Crippen molar-refractivity contribution in [3.63, 3.8) is 0 Å². The van der Waals surface area contributed by atoms with Crippen LogP contribution in [-0.2, 0) is 0 Å². The lowest BCUT2D eigenvalue weighted by atomic mass is 10.4. The maximum Gasteiger partial charge on any atom is 0.110 e. The minimum atomic E-state index is 0. The third kappa shape index (κ3) is 6.76. The first kappa shape index (κ1) is 15.1. The molecule has 13 heavy (non-hydrogen) atoms. The van der Waals surface area contributed by atoms with E-state index in [0.29, 0.717) is 0 Å². The fraction of sp³-hybridized carbons (Fsp3) is 0.889. The average Bonchev–Trinajstić information content (AvgIpc) is 2.07. The van der Waals surface area contributed by atoms with Crippen LogP contribution in [0.2, 0.25) is 0 Å². The highest BCUT2D eigenvalue weighted by Gasteiger charge is 2.05. The van der Waals surface area contributed by atoms with Gasteiger partial charge >= 0.3 is 0 Å². The van der Waals surface area contributed by atoms with E-state index in [1.54, 1.807) is 0 Å². The molecule has 0 amide bonds. The minimum Gasteiger partial charge on any atom is -0.282 e. The molecule has 0 aliphatic carbocycles. The van der Waals surface area contributed by atoms with Gasteiger partial charge in [0.15, 0.2) is 0 Å². The summed E-state index contributed by atoms with van der Waals surface area (Å²) in [6.45, 7) is 11.1. The Morgan fingerprint density at radius 1 is 1.23 bits per heavy atom. The largest absolute Gasteiger partial charge is 0.282 e. The third-order valence-electron chi connectivity index (χ3n) is 1.81. The van der Waals surface area contributed by atoms with Gasteiger partial charge in [0.1, 0.15) is 6.17 Å². The number of aliphatic imine (C=N–C) groups is 2. The van der Waals surface area contributed by atoms with Gasteiger partial charge in [0.2, 0.25) is 0 Å². The first-order valence-corrected chi connectivity index (χ1v) is 4.61. The topological polar surface area (TPSA) is 28.0 Å². The Hall–Kier alpha value is -0.370. The van der Waals surface area contributed by atoms with Crippen LogP contribution >= 0.6 is 12.4 Å². The first-order chi connectivity index (χ1) is 5.76. The zero-order chi connectivity index (χ0) is 9.40. The Morgan fingerprint density at radius 2 is 1.77 bits per heavy atom. The van der Waals surface area contributed by atoms with Gasteiger partial charge in [-0.2, -0.15) is 0 Å². The highest BCUT2D eigenvalue weighted by atomic mass is 35.5. The van der Waals surface area contributed by atoms with E-state index in [1.165, 1.54) is 0 Å². The van der Waals surface area contributed by atoms with Gasteiger partial charge in [-0.25, -0.2) is 9.98 Å². The van der Waals surface area contributed by atoms with Crippen LogP contribution in [0.1, 0.15) is 27.7 Å². The lowest BCUT2D eigenvalue weighted by Crippen LogP contribution is -2.30. The summed E-state index contributed by atoms with van der Waals surface area (Å²) in [5, 5.41) is 0. The molecule has 0 saturated carbocycles. The second-order valence-electron chi connectivity index (χ2n) is 2.56. The van der Waals surface area contributed by atoms with Crippen LogP contribution in [0.4, 0.5) is 0 Å². The molecule has 0 aromatic carbocycles. The average molecular weight is 206 g/mol. The van der Waals surface area contributed by atoms with Crippen molar-refractivity contribution >= 4 is 18.4 Å². The van der Waals surface area contributed by atoms with E-state index in [0.717, 1.165) is 19.6 Å². The van der Waals surface area contributed by atoms with E-state index in [2.05, 4.69) is 41.7 Å². The van der Waals surface area contributed by atoms with Crippen molar-refractivity contribution in [3.05, 3.63) is 0 Å². The van der Waals surface area contributed by atoms with Crippen molar-refractivity contribution in [2.24, 2.45) is 9.98 Å². The van der Waals surface area contributed by atoms with Gasteiger partial charge in [-0.05, 0) is 26.9 Å². The van der Waals surface area contributed by atoms with E-state index in [1.807, 2.05) is 6.92 Å². The van der Waals surface area contributed by atoms with Gasteiger partial charge in [-0.1, -0.05) is 13.8 Å². The standard InChI is InChI=1S/C9H19N3.ClH/c1-5-10-8-11-9(4)12(6-2)7-3;/h9H,5-7H2,1-4H3;1H. The molecule has 0 rings (SSSR count). The Kier molecular flexibility index (Phi) is 11.3. The molecule has 3 nitrogen and oxygen atoms in total.